The third-order valence-corrected chi connectivity index (χ3v) is 10.8. The van der Waals surface area contributed by atoms with Crippen LogP contribution in [-0.4, -0.2) is 22.9 Å². The standard InChI is InChI=1S/C49H38N4O2/c1-4-36(34-18-13-19-35(26-34)48(51-29-31-14-7-5-8-15-31)53-47(50)33-16-9-6-10-17-33)46-38-20-11-12-21-43(38)55-45(46)25-32-22-23-37-39-27-42-44(54-30-52-42)28-41(39)49(2,3)40(37)24-32/h4-23,25-30,32,50H,1,24H2,2-3H3/b45-25-,46-36+,50-47?,51-29?,53-48?. The molecule has 2 aliphatic carbocycles. The minimum Gasteiger partial charge on any atom is -0.456 e. The van der Waals surface area contributed by atoms with Crippen LogP contribution in [-0.2, 0) is 5.41 Å². The summed E-state index contributed by atoms with van der Waals surface area (Å²) in [6, 6.07) is 40.0. The lowest BCUT2D eigenvalue weighted by atomic mass is 9.76. The second-order valence-electron chi connectivity index (χ2n) is 14.5. The number of nitrogens with zero attached hydrogens (tertiary/aromatic N) is 3. The molecule has 7 aromatic rings. The van der Waals surface area contributed by atoms with E-state index in [2.05, 4.69) is 74.0 Å². The molecule has 55 heavy (non-hydrogen) atoms. The lowest BCUT2D eigenvalue weighted by molar-refractivity contribution is 0.561. The molecule has 0 aliphatic heterocycles. The van der Waals surface area contributed by atoms with Crippen molar-refractivity contribution in [3.8, 4) is 0 Å². The molecule has 9 rings (SSSR count). The van der Waals surface area contributed by atoms with Gasteiger partial charge in [0.05, 0.1) is 0 Å². The molecule has 6 heteroatoms. The zero-order valence-corrected chi connectivity index (χ0v) is 30.7. The number of allylic oxidation sites excluding steroid dienone is 5. The molecule has 0 spiro atoms. The van der Waals surface area contributed by atoms with E-state index < -0.39 is 0 Å². The van der Waals surface area contributed by atoms with E-state index in [0.29, 0.717) is 11.4 Å². The lowest BCUT2D eigenvalue weighted by Crippen LogP contribution is -2.26. The number of amidine groups is 2. The van der Waals surface area contributed by atoms with Gasteiger partial charge in [-0.05, 0) is 70.2 Å². The predicted molar refractivity (Wildman–Crippen MR) is 224 cm³/mol. The Morgan fingerprint density at radius 2 is 1.60 bits per heavy atom. The van der Waals surface area contributed by atoms with E-state index >= 15 is 0 Å². The Hall–Kier alpha value is -6.92. The van der Waals surface area contributed by atoms with Crippen molar-refractivity contribution in [1.82, 2.24) is 4.98 Å². The molecular formula is C49H38N4O2. The van der Waals surface area contributed by atoms with Crippen LogP contribution < -0.4 is 10.6 Å². The molecule has 1 N–H and O–H groups in total. The van der Waals surface area contributed by atoms with Crippen LogP contribution in [0.3, 0.4) is 0 Å². The minimum atomic E-state index is -0.156. The van der Waals surface area contributed by atoms with Gasteiger partial charge in [-0.3, -0.25) is 5.41 Å². The van der Waals surface area contributed by atoms with Crippen LogP contribution in [0.5, 0.6) is 0 Å². The number of rotatable bonds is 6. The molecule has 1 atom stereocenters. The Morgan fingerprint density at radius 1 is 0.855 bits per heavy atom. The molecule has 0 saturated carbocycles. The first-order valence-corrected chi connectivity index (χ1v) is 18.5. The van der Waals surface area contributed by atoms with Crippen molar-refractivity contribution in [2.75, 3.05) is 0 Å². The number of hydrogen-bond acceptors (Lipinski definition) is 4. The van der Waals surface area contributed by atoms with Crippen LogP contribution in [0.15, 0.2) is 177 Å². The second-order valence-corrected chi connectivity index (χ2v) is 14.5. The van der Waals surface area contributed by atoms with Crippen molar-refractivity contribution in [2.24, 2.45) is 15.9 Å². The van der Waals surface area contributed by atoms with Crippen molar-refractivity contribution >= 4 is 57.2 Å². The summed E-state index contributed by atoms with van der Waals surface area (Å²) in [4.78, 5) is 14.0. The highest BCUT2D eigenvalue weighted by molar-refractivity contribution is 6.13. The van der Waals surface area contributed by atoms with Gasteiger partial charge in [0.15, 0.2) is 23.6 Å². The van der Waals surface area contributed by atoms with E-state index in [0.717, 1.165) is 61.4 Å². The molecule has 2 heterocycles. The molecule has 2 aliphatic rings. The first-order chi connectivity index (χ1) is 26.9. The molecule has 0 bridgehead atoms. The van der Waals surface area contributed by atoms with Crippen LogP contribution in [0, 0.1) is 11.3 Å². The number of para-hydroxylation sites is 1. The minimum absolute atomic E-state index is 0.111. The Balaban J connectivity index is 1.15. The summed E-state index contributed by atoms with van der Waals surface area (Å²) < 4.78 is 12.4. The maximum Gasteiger partial charge on any atom is 0.181 e. The quantitative estimate of drug-likeness (QED) is 0.137. The van der Waals surface area contributed by atoms with Gasteiger partial charge in [0.1, 0.15) is 16.5 Å². The number of aliphatic imine (C=N–C) groups is 2. The van der Waals surface area contributed by atoms with Crippen molar-refractivity contribution < 1.29 is 8.83 Å². The van der Waals surface area contributed by atoms with E-state index in [9.17, 15) is 0 Å². The Morgan fingerprint density at radius 3 is 2.42 bits per heavy atom. The first kappa shape index (κ1) is 33.9. The molecule has 5 aromatic carbocycles. The van der Waals surface area contributed by atoms with Gasteiger partial charge in [-0.2, -0.15) is 0 Å². The van der Waals surface area contributed by atoms with E-state index in [1.54, 1.807) is 6.21 Å². The maximum atomic E-state index is 8.84. The molecule has 0 amide bonds. The summed E-state index contributed by atoms with van der Waals surface area (Å²) in [5, 5.41) is 10.8. The van der Waals surface area contributed by atoms with Crippen LogP contribution >= 0.6 is 0 Å². The fraction of sp³-hybridized carbons (Fsp3) is 0.102. The molecule has 0 radical (unpaired) electrons. The zero-order chi connectivity index (χ0) is 37.5. The van der Waals surface area contributed by atoms with Crippen LogP contribution in [0.2, 0.25) is 0 Å². The van der Waals surface area contributed by atoms with Crippen LogP contribution in [0.4, 0.5) is 0 Å². The van der Waals surface area contributed by atoms with E-state index in [1.165, 1.54) is 28.7 Å². The highest BCUT2D eigenvalue weighted by atomic mass is 16.3. The van der Waals surface area contributed by atoms with Crippen molar-refractivity contribution in [3.05, 3.63) is 202 Å². The van der Waals surface area contributed by atoms with Crippen LogP contribution in [0.1, 0.15) is 53.6 Å². The Kier molecular flexibility index (Phi) is 8.51. The van der Waals surface area contributed by atoms with Gasteiger partial charge in [0, 0.05) is 39.3 Å². The molecule has 2 aromatic heterocycles. The number of nitrogens with one attached hydrogen (secondary N) is 1. The predicted octanol–water partition coefficient (Wildman–Crippen LogP) is 9.95. The van der Waals surface area contributed by atoms with Gasteiger partial charge >= 0.3 is 0 Å². The fourth-order valence-corrected chi connectivity index (χ4v) is 7.95. The van der Waals surface area contributed by atoms with Gasteiger partial charge in [-0.25, -0.2) is 15.0 Å². The third-order valence-electron chi connectivity index (χ3n) is 10.8. The van der Waals surface area contributed by atoms with Crippen molar-refractivity contribution in [2.45, 2.75) is 25.7 Å². The zero-order valence-electron chi connectivity index (χ0n) is 30.7. The average Bonchev–Trinajstić information content (AvgIpc) is 3.89. The molecule has 1 unspecified atom stereocenters. The second kappa shape index (κ2) is 13.8. The summed E-state index contributed by atoms with van der Waals surface area (Å²) in [6.07, 6.45) is 12.9. The lowest BCUT2D eigenvalue weighted by Gasteiger charge is -2.27. The van der Waals surface area contributed by atoms with Gasteiger partial charge in [-0.15, -0.1) is 0 Å². The number of aromatic nitrogens is 1. The van der Waals surface area contributed by atoms with Gasteiger partial charge in [0.25, 0.3) is 0 Å². The first-order valence-electron chi connectivity index (χ1n) is 18.5. The molecule has 0 fully saturated rings. The summed E-state index contributed by atoms with van der Waals surface area (Å²) in [6.45, 7) is 8.92. The number of benzene rings is 5. The number of fused-ring (bicyclic) bond motifs is 4. The van der Waals surface area contributed by atoms with Gasteiger partial charge < -0.3 is 8.83 Å². The normalized spacial score (nSPS) is 17.2. The summed E-state index contributed by atoms with van der Waals surface area (Å²) in [5.41, 5.74) is 12.7. The van der Waals surface area contributed by atoms with Crippen molar-refractivity contribution in [1.29, 1.82) is 5.41 Å². The smallest absolute Gasteiger partial charge is 0.181 e. The van der Waals surface area contributed by atoms with E-state index in [4.69, 9.17) is 24.2 Å². The topological polar surface area (TPSA) is 87.7 Å². The highest BCUT2D eigenvalue weighted by Crippen LogP contribution is 2.51. The molecule has 266 valence electrons. The molecule has 6 nitrogen and oxygen atoms in total. The summed E-state index contributed by atoms with van der Waals surface area (Å²) in [7, 11) is 0. The largest absolute Gasteiger partial charge is 0.456 e. The highest BCUT2D eigenvalue weighted by Gasteiger charge is 2.39. The summed E-state index contributed by atoms with van der Waals surface area (Å²) in [5.74, 6) is 0.683. The van der Waals surface area contributed by atoms with Crippen molar-refractivity contribution in [3.63, 3.8) is 0 Å². The fourth-order valence-electron chi connectivity index (χ4n) is 7.95. The van der Waals surface area contributed by atoms with E-state index in [-0.39, 0.29) is 17.2 Å². The third kappa shape index (κ3) is 6.21. The van der Waals surface area contributed by atoms with Gasteiger partial charge in [-0.1, -0.05) is 141 Å². The Bertz CT molecular complexity index is 2900. The maximum absolute atomic E-state index is 8.84. The van der Waals surface area contributed by atoms with Gasteiger partial charge in [0.2, 0.25) is 0 Å². The number of oxazole rings is 1. The number of furan rings is 1. The summed E-state index contributed by atoms with van der Waals surface area (Å²) >= 11 is 0. The molecule has 0 saturated heterocycles. The number of hydrogen-bond donors (Lipinski definition) is 1. The monoisotopic (exact) mass is 714 g/mol. The Labute approximate surface area is 319 Å². The molecular weight excluding hydrogens is 677 g/mol. The average molecular weight is 715 g/mol. The van der Waals surface area contributed by atoms with Crippen LogP contribution in [0.25, 0.3) is 39.3 Å². The van der Waals surface area contributed by atoms with E-state index in [1.807, 2.05) is 97.1 Å². The SMILES string of the molecule is C=C/C(c1cccc(C(N=Cc2ccccc2)=NC(=N)c2ccccc2)c1)=c1\c(=C\C2C=CC3=C(C2)C(C)(C)c2cc4ocnc4cc23)oc2ccccc12.